The zero-order chi connectivity index (χ0) is 21.4. The number of rotatable bonds is 4. The van der Waals surface area contributed by atoms with E-state index in [1.54, 1.807) is 11.8 Å². The molecule has 1 saturated heterocycles. The van der Waals surface area contributed by atoms with Gasteiger partial charge in [0.15, 0.2) is 0 Å². The summed E-state index contributed by atoms with van der Waals surface area (Å²) in [6, 6.07) is 22.1. The molecular formula is C25H23N3O2S. The maximum atomic E-state index is 12.9. The summed E-state index contributed by atoms with van der Waals surface area (Å²) in [4.78, 5) is 24.0. The molecule has 0 radical (unpaired) electrons. The number of carbonyl (C=O) groups is 2. The third-order valence-electron chi connectivity index (χ3n) is 5.69. The lowest BCUT2D eigenvalue weighted by molar-refractivity contribution is -0.117. The number of fused-ring (bicyclic) bond motifs is 3. The standard InChI is InChI=1S/C25H23N3O2S/c1-15(29)26-19-8-6-16(7-9-19)25-28-23(14-31-25)24(30)27-20-10-11-22-18(13-20)12-17-4-2-3-5-21(17)22/h2-11,13,23,25,28H,12,14H2,1H3,(H,26,29)(H,27,30)/t23-,25?/m0/s1. The maximum Gasteiger partial charge on any atom is 0.242 e. The molecule has 3 aromatic carbocycles. The van der Waals surface area contributed by atoms with Crippen molar-refractivity contribution >= 4 is 35.0 Å². The van der Waals surface area contributed by atoms with Crippen LogP contribution in [-0.2, 0) is 16.0 Å². The van der Waals surface area contributed by atoms with Crippen molar-refractivity contribution in [1.29, 1.82) is 0 Å². The number of anilines is 2. The predicted octanol–water partition coefficient (Wildman–Crippen LogP) is 4.56. The van der Waals surface area contributed by atoms with E-state index in [9.17, 15) is 9.59 Å². The molecule has 1 aliphatic heterocycles. The number of benzene rings is 3. The lowest BCUT2D eigenvalue weighted by Crippen LogP contribution is -2.38. The highest BCUT2D eigenvalue weighted by molar-refractivity contribution is 7.99. The number of hydrogen-bond acceptors (Lipinski definition) is 4. The molecule has 156 valence electrons. The van der Waals surface area contributed by atoms with Crippen LogP contribution in [0.2, 0.25) is 0 Å². The molecule has 2 atom stereocenters. The number of nitrogens with one attached hydrogen (secondary N) is 3. The molecule has 2 aliphatic rings. The van der Waals surface area contributed by atoms with Gasteiger partial charge in [0.1, 0.15) is 0 Å². The second-order valence-corrected chi connectivity index (χ2v) is 9.07. The minimum Gasteiger partial charge on any atom is -0.326 e. The second kappa shape index (κ2) is 8.21. The Kier molecular flexibility index (Phi) is 5.26. The van der Waals surface area contributed by atoms with Gasteiger partial charge in [-0.15, -0.1) is 11.8 Å². The molecule has 5 rings (SSSR count). The first-order valence-electron chi connectivity index (χ1n) is 10.3. The highest BCUT2D eigenvalue weighted by Gasteiger charge is 2.30. The van der Waals surface area contributed by atoms with Gasteiger partial charge < -0.3 is 10.6 Å². The molecule has 0 saturated carbocycles. The zero-order valence-electron chi connectivity index (χ0n) is 17.1. The fraction of sp³-hybridized carbons (Fsp3) is 0.200. The first kappa shape index (κ1) is 19.8. The van der Waals surface area contributed by atoms with Gasteiger partial charge in [0.25, 0.3) is 0 Å². The van der Waals surface area contributed by atoms with Gasteiger partial charge in [0.05, 0.1) is 11.4 Å². The van der Waals surface area contributed by atoms with E-state index >= 15 is 0 Å². The third kappa shape index (κ3) is 4.09. The van der Waals surface area contributed by atoms with Crippen molar-refractivity contribution in [3.8, 4) is 11.1 Å². The minimum absolute atomic E-state index is 0.0136. The van der Waals surface area contributed by atoms with Gasteiger partial charge in [-0.1, -0.05) is 42.5 Å². The van der Waals surface area contributed by atoms with Crippen LogP contribution in [0.3, 0.4) is 0 Å². The van der Waals surface area contributed by atoms with Gasteiger partial charge >= 0.3 is 0 Å². The minimum atomic E-state index is -0.254. The average Bonchev–Trinajstić information content (AvgIpc) is 3.39. The van der Waals surface area contributed by atoms with E-state index < -0.39 is 0 Å². The summed E-state index contributed by atoms with van der Waals surface area (Å²) < 4.78 is 0. The molecule has 1 unspecified atom stereocenters. The van der Waals surface area contributed by atoms with Crippen LogP contribution < -0.4 is 16.0 Å². The Bertz CT molecular complexity index is 1160. The molecule has 2 amide bonds. The summed E-state index contributed by atoms with van der Waals surface area (Å²) in [6.45, 7) is 1.49. The molecule has 31 heavy (non-hydrogen) atoms. The summed E-state index contributed by atoms with van der Waals surface area (Å²) in [7, 11) is 0. The monoisotopic (exact) mass is 429 g/mol. The van der Waals surface area contributed by atoms with Gasteiger partial charge in [0.2, 0.25) is 11.8 Å². The van der Waals surface area contributed by atoms with E-state index in [0.29, 0.717) is 5.75 Å². The van der Waals surface area contributed by atoms with Crippen molar-refractivity contribution in [2.45, 2.75) is 24.8 Å². The van der Waals surface area contributed by atoms with Crippen LogP contribution in [0.1, 0.15) is 29.0 Å². The van der Waals surface area contributed by atoms with Gasteiger partial charge in [0, 0.05) is 24.1 Å². The van der Waals surface area contributed by atoms with Crippen LogP contribution in [0.25, 0.3) is 11.1 Å². The fourth-order valence-corrected chi connectivity index (χ4v) is 5.45. The molecule has 0 bridgehead atoms. The van der Waals surface area contributed by atoms with E-state index in [2.05, 4.69) is 52.3 Å². The summed E-state index contributed by atoms with van der Waals surface area (Å²) in [6.07, 6.45) is 0.906. The van der Waals surface area contributed by atoms with Gasteiger partial charge in [-0.05, 0) is 58.5 Å². The Morgan fingerprint density at radius 3 is 2.45 bits per heavy atom. The highest BCUT2D eigenvalue weighted by atomic mass is 32.2. The Hall–Kier alpha value is -3.09. The first-order valence-corrected chi connectivity index (χ1v) is 11.4. The van der Waals surface area contributed by atoms with Crippen molar-refractivity contribution in [2.75, 3.05) is 16.4 Å². The SMILES string of the molecule is CC(=O)Nc1ccc(C2N[C@H](C(=O)Nc3ccc4c(c3)Cc3ccccc3-4)CS2)cc1. The third-order valence-corrected chi connectivity index (χ3v) is 6.96. The average molecular weight is 430 g/mol. The topological polar surface area (TPSA) is 70.2 Å². The van der Waals surface area contributed by atoms with Crippen LogP contribution in [0.15, 0.2) is 66.7 Å². The lowest BCUT2D eigenvalue weighted by Gasteiger charge is -2.15. The molecule has 0 spiro atoms. The van der Waals surface area contributed by atoms with E-state index in [4.69, 9.17) is 0 Å². The quantitative estimate of drug-likeness (QED) is 0.445. The summed E-state index contributed by atoms with van der Waals surface area (Å²) in [5.74, 6) is 0.606. The van der Waals surface area contributed by atoms with Crippen molar-refractivity contribution in [1.82, 2.24) is 5.32 Å². The Balaban J connectivity index is 1.22. The molecular weight excluding hydrogens is 406 g/mol. The van der Waals surface area contributed by atoms with E-state index in [-0.39, 0.29) is 23.2 Å². The highest BCUT2D eigenvalue weighted by Crippen LogP contribution is 2.38. The van der Waals surface area contributed by atoms with Crippen molar-refractivity contribution in [2.24, 2.45) is 0 Å². The largest absolute Gasteiger partial charge is 0.326 e. The Labute approximate surface area is 185 Å². The number of amides is 2. The van der Waals surface area contributed by atoms with Crippen LogP contribution >= 0.6 is 11.8 Å². The smallest absolute Gasteiger partial charge is 0.242 e. The second-order valence-electron chi connectivity index (χ2n) is 7.93. The normalized spacial score (nSPS) is 18.9. The van der Waals surface area contributed by atoms with Crippen LogP contribution in [-0.4, -0.2) is 23.6 Å². The molecule has 1 fully saturated rings. The molecule has 3 aromatic rings. The Morgan fingerprint density at radius 1 is 0.903 bits per heavy atom. The predicted molar refractivity (Wildman–Crippen MR) is 126 cm³/mol. The number of carbonyl (C=O) groups excluding carboxylic acids is 2. The fourth-order valence-electron chi connectivity index (χ4n) is 4.21. The molecule has 1 aliphatic carbocycles. The van der Waals surface area contributed by atoms with Crippen molar-refractivity contribution in [3.63, 3.8) is 0 Å². The number of hydrogen-bond donors (Lipinski definition) is 3. The number of thioether (sulfide) groups is 1. The zero-order valence-corrected chi connectivity index (χ0v) is 18.0. The first-order chi connectivity index (χ1) is 15.1. The summed E-state index contributed by atoms with van der Waals surface area (Å²) >= 11 is 1.71. The molecule has 5 nitrogen and oxygen atoms in total. The van der Waals surface area contributed by atoms with Crippen molar-refractivity contribution < 1.29 is 9.59 Å². The molecule has 0 aromatic heterocycles. The maximum absolute atomic E-state index is 12.9. The van der Waals surface area contributed by atoms with Gasteiger partial charge in [-0.3, -0.25) is 14.9 Å². The molecule has 6 heteroatoms. The van der Waals surface area contributed by atoms with Crippen molar-refractivity contribution in [3.05, 3.63) is 83.4 Å². The molecule has 3 N–H and O–H groups in total. The summed E-state index contributed by atoms with van der Waals surface area (Å²) in [5, 5.41) is 9.32. The lowest BCUT2D eigenvalue weighted by atomic mass is 10.1. The molecule has 1 heterocycles. The van der Waals surface area contributed by atoms with Crippen LogP contribution in [0, 0.1) is 0 Å². The van der Waals surface area contributed by atoms with E-state index in [0.717, 1.165) is 23.4 Å². The van der Waals surface area contributed by atoms with Gasteiger partial charge in [-0.2, -0.15) is 0 Å². The van der Waals surface area contributed by atoms with E-state index in [1.165, 1.54) is 29.2 Å². The van der Waals surface area contributed by atoms with E-state index in [1.807, 2.05) is 30.3 Å². The van der Waals surface area contributed by atoms with Crippen LogP contribution in [0.4, 0.5) is 11.4 Å². The summed E-state index contributed by atoms with van der Waals surface area (Å²) in [5.41, 5.74) is 7.83. The van der Waals surface area contributed by atoms with Crippen LogP contribution in [0.5, 0.6) is 0 Å². The Morgan fingerprint density at radius 2 is 1.65 bits per heavy atom. The van der Waals surface area contributed by atoms with Gasteiger partial charge in [-0.25, -0.2) is 0 Å².